The number of rotatable bonds is 7. The maximum atomic E-state index is 12.3. The monoisotopic (exact) mass is 400 g/mol. The maximum Gasteiger partial charge on any atom is 0.345 e. The summed E-state index contributed by atoms with van der Waals surface area (Å²) in [5.41, 5.74) is -0.0281. The number of carboxylic acids is 1. The van der Waals surface area contributed by atoms with E-state index in [-0.39, 0.29) is 23.5 Å². The molecule has 0 saturated heterocycles. The number of nitrogens with zero attached hydrogens (tertiary/aromatic N) is 2. The van der Waals surface area contributed by atoms with Crippen LogP contribution in [-0.2, 0) is 4.74 Å². The molecule has 4 N–H and O–H groups in total. The van der Waals surface area contributed by atoms with Gasteiger partial charge in [0.05, 0.1) is 12.2 Å². The molecular weight excluding hydrogens is 374 g/mol. The van der Waals surface area contributed by atoms with E-state index in [1.807, 2.05) is 0 Å². The smallest absolute Gasteiger partial charge is 0.345 e. The molecule has 2 aliphatic rings. The van der Waals surface area contributed by atoms with E-state index in [9.17, 15) is 23.8 Å². The summed E-state index contributed by atoms with van der Waals surface area (Å²) >= 11 is 0. The van der Waals surface area contributed by atoms with Crippen LogP contribution in [0.2, 0.25) is 0 Å². The number of carbonyl (C=O) groups is 1. The lowest BCUT2D eigenvalue weighted by atomic mass is 9.93. The summed E-state index contributed by atoms with van der Waals surface area (Å²) in [6.45, 7) is -2.76. The van der Waals surface area contributed by atoms with Crippen molar-refractivity contribution in [2.75, 3.05) is 10.6 Å². The number of nitrogens with one attached hydrogen (secondary N) is 2. The molecule has 1 aromatic heterocycles. The molecule has 1 aromatic rings. The van der Waals surface area contributed by atoms with Crippen molar-refractivity contribution in [2.45, 2.75) is 82.3 Å². The number of aliphatic hydroxyl groups excluding tert-OH is 1. The molecular formula is C18H26F2N4O4. The summed E-state index contributed by atoms with van der Waals surface area (Å²) < 4.78 is 29.2. The van der Waals surface area contributed by atoms with E-state index in [4.69, 9.17) is 0 Å². The van der Waals surface area contributed by atoms with Crippen LogP contribution in [0.25, 0.3) is 0 Å². The van der Waals surface area contributed by atoms with Crippen LogP contribution >= 0.6 is 0 Å². The Kier molecular flexibility index (Phi) is 6.95. The molecule has 2 aliphatic carbocycles. The summed E-state index contributed by atoms with van der Waals surface area (Å²) in [7, 11) is 0. The van der Waals surface area contributed by atoms with Gasteiger partial charge in [-0.15, -0.1) is 0 Å². The zero-order valence-corrected chi connectivity index (χ0v) is 15.5. The van der Waals surface area contributed by atoms with Crippen molar-refractivity contribution in [1.29, 1.82) is 0 Å². The fourth-order valence-electron chi connectivity index (χ4n) is 3.88. The fraction of sp³-hybridized carbons (Fsp3) is 0.722. The van der Waals surface area contributed by atoms with Gasteiger partial charge in [-0.2, -0.15) is 13.8 Å². The number of aliphatic hydroxyl groups is 1. The fourth-order valence-corrected chi connectivity index (χ4v) is 3.88. The van der Waals surface area contributed by atoms with E-state index in [1.54, 1.807) is 0 Å². The average Bonchev–Trinajstić information content (AvgIpc) is 2.63. The summed E-state index contributed by atoms with van der Waals surface area (Å²) in [5, 5.41) is 25.5. The second-order valence-electron chi connectivity index (χ2n) is 7.44. The van der Waals surface area contributed by atoms with Crippen molar-refractivity contribution in [1.82, 2.24) is 9.97 Å². The highest BCUT2D eigenvalue weighted by Gasteiger charge is 2.26. The lowest BCUT2D eigenvalue weighted by Gasteiger charge is -2.29. The third-order valence-electron chi connectivity index (χ3n) is 5.31. The first kappa shape index (κ1) is 20.7. The molecule has 0 aromatic carbocycles. The van der Waals surface area contributed by atoms with E-state index in [0.717, 1.165) is 19.3 Å². The van der Waals surface area contributed by atoms with Gasteiger partial charge in [-0.25, -0.2) is 9.78 Å². The molecule has 0 aliphatic heterocycles. The van der Waals surface area contributed by atoms with Crippen molar-refractivity contribution in [3.05, 3.63) is 11.8 Å². The van der Waals surface area contributed by atoms with Gasteiger partial charge in [0.25, 0.3) is 0 Å². The third kappa shape index (κ3) is 5.71. The van der Waals surface area contributed by atoms with Crippen molar-refractivity contribution >= 4 is 17.7 Å². The number of alkyl halides is 2. The minimum Gasteiger partial charge on any atom is -0.477 e. The normalized spacial score (nSPS) is 28.1. The van der Waals surface area contributed by atoms with Gasteiger partial charge in [0, 0.05) is 18.3 Å². The van der Waals surface area contributed by atoms with Crippen LogP contribution in [0.5, 0.6) is 0 Å². The van der Waals surface area contributed by atoms with Gasteiger partial charge >= 0.3 is 12.6 Å². The van der Waals surface area contributed by atoms with Gasteiger partial charge in [-0.3, -0.25) is 0 Å². The topological polar surface area (TPSA) is 117 Å². The Labute approximate surface area is 161 Å². The van der Waals surface area contributed by atoms with Gasteiger partial charge in [-0.1, -0.05) is 0 Å². The Hall–Kier alpha value is -2.07. The minimum atomic E-state index is -2.76. The highest BCUT2D eigenvalue weighted by Crippen LogP contribution is 2.26. The predicted molar refractivity (Wildman–Crippen MR) is 97.6 cm³/mol. The molecule has 2 saturated carbocycles. The molecule has 3 rings (SSSR count). The zero-order chi connectivity index (χ0) is 20.1. The zero-order valence-electron chi connectivity index (χ0n) is 15.5. The van der Waals surface area contributed by atoms with Gasteiger partial charge in [0.2, 0.25) is 5.95 Å². The molecule has 0 spiro atoms. The first-order valence-corrected chi connectivity index (χ1v) is 9.65. The van der Waals surface area contributed by atoms with Gasteiger partial charge < -0.3 is 25.6 Å². The van der Waals surface area contributed by atoms with Gasteiger partial charge in [0.15, 0.2) is 0 Å². The van der Waals surface area contributed by atoms with Crippen LogP contribution in [0.1, 0.15) is 61.7 Å². The molecule has 8 nitrogen and oxygen atoms in total. The quantitative estimate of drug-likeness (QED) is 0.552. The summed E-state index contributed by atoms with van der Waals surface area (Å²) in [6.07, 6.45) is 5.70. The SMILES string of the molecule is O=C(O)c1cnc(NC2CCC(OC(F)F)CC2)nc1N[C@@H]1CCC[C@H](O)C1. The molecule has 2 fully saturated rings. The van der Waals surface area contributed by atoms with Crippen LogP contribution in [0.3, 0.4) is 0 Å². The van der Waals surface area contributed by atoms with Crippen LogP contribution in [0.15, 0.2) is 6.20 Å². The lowest BCUT2D eigenvalue weighted by molar-refractivity contribution is -0.169. The van der Waals surface area contributed by atoms with Crippen molar-refractivity contribution < 1.29 is 28.5 Å². The highest BCUT2D eigenvalue weighted by atomic mass is 19.3. The first-order valence-electron chi connectivity index (χ1n) is 9.65. The second-order valence-corrected chi connectivity index (χ2v) is 7.44. The Morgan fingerprint density at radius 2 is 1.89 bits per heavy atom. The molecule has 28 heavy (non-hydrogen) atoms. The number of aromatic nitrogens is 2. The van der Waals surface area contributed by atoms with Gasteiger partial charge in [0.1, 0.15) is 11.4 Å². The third-order valence-corrected chi connectivity index (χ3v) is 5.31. The Balaban J connectivity index is 1.63. The number of hydrogen-bond acceptors (Lipinski definition) is 7. The molecule has 0 amide bonds. The minimum absolute atomic E-state index is 0.0116. The molecule has 0 radical (unpaired) electrons. The number of aromatic carboxylic acids is 1. The number of carboxylic acid groups (broad SMARTS) is 1. The van der Waals surface area contributed by atoms with Crippen LogP contribution in [0.4, 0.5) is 20.5 Å². The van der Waals surface area contributed by atoms with Gasteiger partial charge in [-0.05, 0) is 51.4 Å². The van der Waals surface area contributed by atoms with Crippen molar-refractivity contribution in [3.63, 3.8) is 0 Å². The Bertz CT molecular complexity index is 671. The van der Waals surface area contributed by atoms with Crippen molar-refractivity contribution in [2.24, 2.45) is 0 Å². The van der Waals surface area contributed by atoms with E-state index in [0.29, 0.717) is 38.1 Å². The van der Waals surface area contributed by atoms with Crippen molar-refractivity contribution in [3.8, 4) is 0 Å². The molecule has 10 heteroatoms. The molecule has 2 atom stereocenters. The summed E-state index contributed by atoms with van der Waals surface area (Å²) in [5.74, 6) is -0.615. The molecule has 0 bridgehead atoms. The highest BCUT2D eigenvalue weighted by molar-refractivity contribution is 5.93. The largest absolute Gasteiger partial charge is 0.477 e. The number of ether oxygens (including phenoxy) is 1. The number of halogens is 2. The van der Waals surface area contributed by atoms with Crippen LogP contribution in [-0.4, -0.2) is 57.1 Å². The molecule has 1 heterocycles. The second kappa shape index (κ2) is 9.42. The van der Waals surface area contributed by atoms with E-state index >= 15 is 0 Å². The van der Waals surface area contributed by atoms with Crippen LogP contribution in [0, 0.1) is 0 Å². The number of hydrogen-bond donors (Lipinski definition) is 4. The average molecular weight is 400 g/mol. The maximum absolute atomic E-state index is 12.3. The lowest BCUT2D eigenvalue weighted by Crippen LogP contribution is -2.32. The predicted octanol–water partition coefficient (Wildman–Crippen LogP) is 2.85. The van der Waals surface area contributed by atoms with Crippen LogP contribution < -0.4 is 10.6 Å². The summed E-state index contributed by atoms with van der Waals surface area (Å²) in [4.78, 5) is 19.9. The number of anilines is 2. The summed E-state index contributed by atoms with van der Waals surface area (Å²) in [6, 6.07) is -0.0379. The molecule has 0 unspecified atom stereocenters. The first-order chi connectivity index (χ1) is 13.4. The van der Waals surface area contributed by atoms with E-state index in [2.05, 4.69) is 25.3 Å². The Morgan fingerprint density at radius 3 is 2.54 bits per heavy atom. The standard InChI is InChI=1S/C18H26F2N4O4/c19-17(20)28-13-6-4-10(5-7-13)23-18-21-9-14(16(26)27)15(24-18)22-11-2-1-3-12(25)8-11/h9-13,17,25H,1-8H2,(H,26,27)(H2,21,22,23,24)/t10?,11-,12+,13?/m1/s1. The van der Waals surface area contributed by atoms with E-state index in [1.165, 1.54) is 6.20 Å². The molecule has 156 valence electrons. The Morgan fingerprint density at radius 1 is 1.14 bits per heavy atom. The van der Waals surface area contributed by atoms with E-state index < -0.39 is 24.8 Å².